The molecule has 0 aromatic carbocycles. The van der Waals surface area contributed by atoms with Crippen LogP contribution in [-0.4, -0.2) is 24.3 Å². The Kier molecular flexibility index (Phi) is 10.6. The van der Waals surface area contributed by atoms with Gasteiger partial charge in [-0.2, -0.15) is 0 Å². The maximum Gasteiger partial charge on any atom is 0.157 e. The van der Waals surface area contributed by atoms with Crippen molar-refractivity contribution in [3.05, 3.63) is 0 Å². The molecular formula is C11H21O3Y-. The predicted octanol–water partition coefficient (Wildman–Crippen LogP) is 1.75. The average molecular weight is 290 g/mol. The van der Waals surface area contributed by atoms with Gasteiger partial charge in [0.25, 0.3) is 0 Å². The first-order chi connectivity index (χ1) is 6.57. The van der Waals surface area contributed by atoms with E-state index in [9.17, 15) is 5.11 Å². The second kappa shape index (κ2) is 8.80. The third-order valence-electron chi connectivity index (χ3n) is 3.41. The number of carbonyl (C=O) groups excluding carboxylic acids is 1. The first-order valence-corrected chi connectivity index (χ1v) is 5.15. The van der Waals surface area contributed by atoms with Crippen molar-refractivity contribution >= 4 is 6.79 Å². The molecule has 1 radical (unpaired) electrons. The summed E-state index contributed by atoms with van der Waals surface area (Å²) in [5.74, 6) is 1.38. The molecule has 1 aliphatic heterocycles. The van der Waals surface area contributed by atoms with Gasteiger partial charge in [-0.25, -0.2) is 0 Å². The molecule has 1 fully saturated rings. The standard InChI is InChI=1S/C10H20O2.CHO.Y/c1-5-9-7(3)6(2)8(4)10(11)12-9;1-2;/h6-11H,5H2,1-4H3;1H;/q;-1;. The minimum atomic E-state index is -0.554. The van der Waals surface area contributed by atoms with Gasteiger partial charge in [-0.1, -0.05) is 27.7 Å². The molecule has 87 valence electrons. The number of hydrogen-bond acceptors (Lipinski definition) is 3. The molecule has 15 heavy (non-hydrogen) atoms. The average Bonchev–Trinajstić information content (AvgIpc) is 2.23. The van der Waals surface area contributed by atoms with Gasteiger partial charge in [-0.05, 0) is 18.3 Å². The molecule has 0 aromatic rings. The topological polar surface area (TPSA) is 46.5 Å². The van der Waals surface area contributed by atoms with Gasteiger partial charge in [0.1, 0.15) is 0 Å². The Bertz CT molecular complexity index is 161. The van der Waals surface area contributed by atoms with Gasteiger partial charge >= 0.3 is 0 Å². The smallest absolute Gasteiger partial charge is 0.157 e. The zero-order valence-corrected chi connectivity index (χ0v) is 12.9. The third-order valence-corrected chi connectivity index (χ3v) is 3.41. The molecule has 0 bridgehead atoms. The first-order valence-electron chi connectivity index (χ1n) is 5.15. The molecule has 0 aromatic heterocycles. The zero-order valence-electron chi connectivity index (χ0n) is 10.0. The molecule has 1 saturated heterocycles. The van der Waals surface area contributed by atoms with Crippen LogP contribution in [0.2, 0.25) is 0 Å². The number of aliphatic hydroxyl groups excluding tert-OH is 1. The van der Waals surface area contributed by atoms with Gasteiger partial charge in [0.2, 0.25) is 0 Å². The molecule has 0 saturated carbocycles. The normalized spacial score (nSPS) is 39.7. The zero-order chi connectivity index (χ0) is 11.3. The SMILES string of the molecule is CCC1OC(O)C(C)C(C)C1C.[CH-]=O.[Y]. The summed E-state index contributed by atoms with van der Waals surface area (Å²) in [6.07, 6.45) is 0.683. The molecule has 3 nitrogen and oxygen atoms in total. The van der Waals surface area contributed by atoms with Crippen LogP contribution in [-0.2, 0) is 42.2 Å². The Morgan fingerprint density at radius 3 is 2.00 bits per heavy atom. The fraction of sp³-hybridized carbons (Fsp3) is 0.909. The summed E-state index contributed by atoms with van der Waals surface area (Å²) in [7, 11) is 0. The van der Waals surface area contributed by atoms with Crippen LogP contribution in [0.1, 0.15) is 34.1 Å². The second-order valence-corrected chi connectivity index (χ2v) is 4.05. The molecule has 1 N–H and O–H groups in total. The summed E-state index contributed by atoms with van der Waals surface area (Å²) < 4.78 is 5.49. The predicted molar refractivity (Wildman–Crippen MR) is 55.4 cm³/mol. The van der Waals surface area contributed by atoms with Crippen molar-refractivity contribution in [1.82, 2.24) is 0 Å². The molecular weight excluding hydrogens is 269 g/mol. The van der Waals surface area contributed by atoms with E-state index >= 15 is 0 Å². The summed E-state index contributed by atoms with van der Waals surface area (Å²) >= 11 is 0. The van der Waals surface area contributed by atoms with E-state index in [2.05, 4.69) is 34.5 Å². The van der Waals surface area contributed by atoms with Crippen molar-refractivity contribution < 1.29 is 47.3 Å². The molecule has 0 aliphatic carbocycles. The summed E-state index contributed by atoms with van der Waals surface area (Å²) in [5.41, 5.74) is 0. The monoisotopic (exact) mass is 290 g/mol. The number of rotatable bonds is 1. The van der Waals surface area contributed by atoms with Crippen LogP contribution in [0.4, 0.5) is 0 Å². The first kappa shape index (κ1) is 18.1. The van der Waals surface area contributed by atoms with E-state index in [1.54, 1.807) is 0 Å². The third kappa shape index (κ3) is 4.60. The van der Waals surface area contributed by atoms with E-state index in [-0.39, 0.29) is 44.7 Å². The van der Waals surface area contributed by atoms with Crippen molar-refractivity contribution in [3.8, 4) is 0 Å². The van der Waals surface area contributed by atoms with Crippen LogP contribution in [0.15, 0.2) is 0 Å². The van der Waals surface area contributed by atoms with E-state index in [1.165, 1.54) is 0 Å². The van der Waals surface area contributed by atoms with E-state index in [4.69, 9.17) is 9.53 Å². The summed E-state index contributed by atoms with van der Waals surface area (Å²) in [4.78, 5) is 7.75. The minimum Gasteiger partial charge on any atom is -0.545 e. The van der Waals surface area contributed by atoms with Gasteiger partial charge in [0.15, 0.2) is 6.29 Å². The summed E-state index contributed by atoms with van der Waals surface area (Å²) in [6, 6.07) is 0. The molecule has 5 atom stereocenters. The number of hydrogen-bond donors (Lipinski definition) is 1. The van der Waals surface area contributed by atoms with Crippen LogP contribution in [0, 0.1) is 17.8 Å². The van der Waals surface area contributed by atoms with Crippen LogP contribution in [0.25, 0.3) is 0 Å². The maximum absolute atomic E-state index is 9.55. The minimum absolute atomic E-state index is 0. The molecule has 1 heterocycles. The van der Waals surface area contributed by atoms with Gasteiger partial charge in [0.05, 0.1) is 6.10 Å². The second-order valence-electron chi connectivity index (χ2n) is 4.05. The quantitative estimate of drug-likeness (QED) is 0.591. The van der Waals surface area contributed by atoms with Gasteiger partial charge in [-0.3, -0.25) is 6.79 Å². The summed E-state index contributed by atoms with van der Waals surface area (Å²) in [6.45, 7) is 11.8. The Balaban J connectivity index is 0. The largest absolute Gasteiger partial charge is 0.545 e. The number of aliphatic hydroxyl groups is 1. The fourth-order valence-corrected chi connectivity index (χ4v) is 1.97. The Labute approximate surface area is 118 Å². The Morgan fingerprint density at radius 2 is 1.60 bits per heavy atom. The van der Waals surface area contributed by atoms with Gasteiger partial charge in [0, 0.05) is 38.6 Å². The molecule has 4 heteroatoms. The van der Waals surface area contributed by atoms with Crippen LogP contribution >= 0.6 is 0 Å². The summed E-state index contributed by atoms with van der Waals surface area (Å²) in [5, 5.41) is 9.55. The van der Waals surface area contributed by atoms with Crippen LogP contribution < -0.4 is 0 Å². The molecule has 0 spiro atoms. The molecule has 5 unspecified atom stereocenters. The van der Waals surface area contributed by atoms with Gasteiger partial charge in [-0.15, -0.1) is 0 Å². The molecule has 1 aliphatic rings. The van der Waals surface area contributed by atoms with Crippen molar-refractivity contribution in [2.24, 2.45) is 17.8 Å². The van der Waals surface area contributed by atoms with E-state index in [0.717, 1.165) is 6.42 Å². The molecule has 0 amide bonds. The van der Waals surface area contributed by atoms with Crippen molar-refractivity contribution in [1.29, 1.82) is 0 Å². The number of ether oxygens (including phenoxy) is 1. The maximum atomic E-state index is 9.55. The van der Waals surface area contributed by atoms with Crippen molar-refractivity contribution in [2.75, 3.05) is 0 Å². The van der Waals surface area contributed by atoms with Gasteiger partial charge < -0.3 is 14.6 Å². The van der Waals surface area contributed by atoms with Crippen molar-refractivity contribution in [2.45, 2.75) is 46.5 Å². The fourth-order valence-electron chi connectivity index (χ4n) is 1.97. The van der Waals surface area contributed by atoms with Crippen molar-refractivity contribution in [3.63, 3.8) is 0 Å². The Morgan fingerprint density at radius 1 is 1.13 bits per heavy atom. The van der Waals surface area contributed by atoms with Crippen LogP contribution in [0.5, 0.6) is 0 Å². The van der Waals surface area contributed by atoms with Crippen LogP contribution in [0.3, 0.4) is 0 Å². The Hall–Kier alpha value is 0.694. The molecule has 1 rings (SSSR count). The van der Waals surface area contributed by atoms with E-state index < -0.39 is 6.29 Å². The van der Waals surface area contributed by atoms with E-state index in [0.29, 0.717) is 11.8 Å². The van der Waals surface area contributed by atoms with E-state index in [1.807, 2.05) is 0 Å².